The Morgan fingerprint density at radius 1 is 1.55 bits per heavy atom. The molecule has 0 bridgehead atoms. The van der Waals surface area contributed by atoms with E-state index in [0.717, 1.165) is 13.0 Å². The second-order valence-corrected chi connectivity index (χ2v) is 2.12. The summed E-state index contributed by atoms with van der Waals surface area (Å²) in [5, 5.41) is 4.18. The quantitative estimate of drug-likeness (QED) is 0.338. The molecule has 5 nitrogen and oxygen atoms in total. The second kappa shape index (κ2) is 4.63. The molecule has 1 fully saturated rings. The zero-order chi connectivity index (χ0) is 8.10. The predicted octanol–water partition coefficient (Wildman–Crippen LogP) is 0.605. The standard InChI is InChI=1S/C6H12O5/c1-5(10-11-7-2)9-6-3-4-8-6/h5-6H,3-4H2,1-2H3. The third kappa shape index (κ3) is 3.13. The van der Waals surface area contributed by atoms with E-state index in [0.29, 0.717) is 0 Å². The van der Waals surface area contributed by atoms with Crippen molar-refractivity contribution in [3.8, 4) is 0 Å². The van der Waals surface area contributed by atoms with Crippen LogP contribution in [0.2, 0.25) is 0 Å². The van der Waals surface area contributed by atoms with Crippen molar-refractivity contribution >= 4 is 0 Å². The summed E-state index contributed by atoms with van der Waals surface area (Å²) in [5.74, 6) is 0. The molecule has 0 aliphatic carbocycles. The molecule has 1 aliphatic heterocycles. The minimum absolute atomic E-state index is 0.148. The van der Waals surface area contributed by atoms with Crippen LogP contribution in [0.4, 0.5) is 0 Å². The van der Waals surface area contributed by atoms with E-state index in [1.807, 2.05) is 0 Å². The van der Waals surface area contributed by atoms with Gasteiger partial charge >= 0.3 is 0 Å². The van der Waals surface area contributed by atoms with Crippen LogP contribution in [0.3, 0.4) is 0 Å². The summed E-state index contributed by atoms with van der Waals surface area (Å²) in [6.07, 6.45) is 0.284. The Bertz CT molecular complexity index is 103. The van der Waals surface area contributed by atoms with Crippen LogP contribution in [0.25, 0.3) is 0 Å². The molecule has 5 heteroatoms. The predicted molar refractivity (Wildman–Crippen MR) is 34.1 cm³/mol. The van der Waals surface area contributed by atoms with Crippen LogP contribution in [0.5, 0.6) is 0 Å². The maximum Gasteiger partial charge on any atom is 0.194 e. The maximum atomic E-state index is 5.14. The molecule has 2 atom stereocenters. The van der Waals surface area contributed by atoms with Crippen molar-refractivity contribution in [2.45, 2.75) is 25.9 Å². The van der Waals surface area contributed by atoms with E-state index in [2.05, 4.69) is 14.8 Å². The lowest BCUT2D eigenvalue weighted by Gasteiger charge is -2.28. The van der Waals surface area contributed by atoms with E-state index in [4.69, 9.17) is 9.47 Å². The Balaban J connectivity index is 1.95. The van der Waals surface area contributed by atoms with Crippen LogP contribution >= 0.6 is 0 Å². The van der Waals surface area contributed by atoms with Crippen molar-refractivity contribution in [2.24, 2.45) is 0 Å². The summed E-state index contributed by atoms with van der Waals surface area (Å²) in [7, 11) is 1.35. The molecule has 0 amide bonds. The molecule has 66 valence electrons. The topological polar surface area (TPSA) is 46.2 Å². The van der Waals surface area contributed by atoms with Crippen molar-refractivity contribution in [3.05, 3.63) is 0 Å². The number of ether oxygens (including phenoxy) is 2. The highest BCUT2D eigenvalue weighted by Gasteiger charge is 2.21. The lowest BCUT2D eigenvalue weighted by molar-refractivity contribution is -0.544. The van der Waals surface area contributed by atoms with Crippen LogP contribution in [-0.2, 0) is 24.3 Å². The summed E-state index contributed by atoms with van der Waals surface area (Å²) in [4.78, 5) is 8.78. The van der Waals surface area contributed by atoms with Gasteiger partial charge in [-0.1, -0.05) is 5.04 Å². The monoisotopic (exact) mass is 164 g/mol. The fraction of sp³-hybridized carbons (Fsp3) is 1.00. The van der Waals surface area contributed by atoms with Crippen LogP contribution in [0.15, 0.2) is 0 Å². The molecular weight excluding hydrogens is 152 g/mol. The minimum atomic E-state index is -0.472. The highest BCUT2D eigenvalue weighted by atomic mass is 17.5. The van der Waals surface area contributed by atoms with Crippen LogP contribution in [-0.4, -0.2) is 26.3 Å². The van der Waals surface area contributed by atoms with Gasteiger partial charge in [0.05, 0.1) is 13.7 Å². The fourth-order valence-electron chi connectivity index (χ4n) is 0.652. The Morgan fingerprint density at radius 2 is 2.27 bits per heavy atom. The van der Waals surface area contributed by atoms with E-state index in [9.17, 15) is 0 Å². The highest BCUT2D eigenvalue weighted by Crippen LogP contribution is 2.14. The first-order valence-corrected chi connectivity index (χ1v) is 3.46. The van der Waals surface area contributed by atoms with Gasteiger partial charge in [0.1, 0.15) is 0 Å². The maximum absolute atomic E-state index is 5.14. The lowest BCUT2D eigenvalue weighted by atomic mass is 10.3. The van der Waals surface area contributed by atoms with Gasteiger partial charge in [0, 0.05) is 6.42 Å². The molecule has 2 unspecified atom stereocenters. The number of hydrogen-bond donors (Lipinski definition) is 0. The summed E-state index contributed by atoms with van der Waals surface area (Å²) in [6, 6.07) is 0. The van der Waals surface area contributed by atoms with E-state index in [-0.39, 0.29) is 6.29 Å². The van der Waals surface area contributed by atoms with Gasteiger partial charge in [-0.2, -0.15) is 4.89 Å². The van der Waals surface area contributed by atoms with Gasteiger partial charge in [0.25, 0.3) is 0 Å². The molecule has 0 radical (unpaired) electrons. The summed E-state index contributed by atoms with van der Waals surface area (Å²) in [5.41, 5.74) is 0. The molecule has 0 aromatic carbocycles. The molecular formula is C6H12O5. The Kier molecular flexibility index (Phi) is 3.74. The number of rotatable bonds is 5. The zero-order valence-corrected chi connectivity index (χ0v) is 6.61. The first-order chi connectivity index (χ1) is 5.33. The SMILES string of the molecule is COOOC(C)OC1CCO1. The molecule has 1 rings (SSSR count). The average molecular weight is 164 g/mol. The second-order valence-electron chi connectivity index (χ2n) is 2.12. The first-order valence-electron chi connectivity index (χ1n) is 3.46. The van der Waals surface area contributed by atoms with Crippen molar-refractivity contribution in [1.29, 1.82) is 0 Å². The molecule has 1 saturated heterocycles. The van der Waals surface area contributed by atoms with Crippen LogP contribution in [0.1, 0.15) is 13.3 Å². The van der Waals surface area contributed by atoms with Crippen molar-refractivity contribution in [1.82, 2.24) is 0 Å². The lowest BCUT2D eigenvalue weighted by Crippen LogP contribution is -2.33. The molecule has 0 saturated carbocycles. The highest BCUT2D eigenvalue weighted by molar-refractivity contribution is 4.54. The van der Waals surface area contributed by atoms with Crippen LogP contribution in [0, 0.1) is 0 Å². The molecule has 0 spiro atoms. The molecule has 1 heterocycles. The summed E-state index contributed by atoms with van der Waals surface area (Å²) >= 11 is 0. The first kappa shape index (κ1) is 8.89. The molecule has 0 aromatic rings. The van der Waals surface area contributed by atoms with Crippen molar-refractivity contribution in [3.63, 3.8) is 0 Å². The Morgan fingerprint density at radius 3 is 2.73 bits per heavy atom. The van der Waals surface area contributed by atoms with Crippen LogP contribution < -0.4 is 0 Å². The van der Waals surface area contributed by atoms with E-state index >= 15 is 0 Å². The van der Waals surface area contributed by atoms with Gasteiger partial charge in [-0.3, -0.25) is 0 Å². The van der Waals surface area contributed by atoms with Gasteiger partial charge < -0.3 is 9.47 Å². The third-order valence-electron chi connectivity index (χ3n) is 1.24. The third-order valence-corrected chi connectivity index (χ3v) is 1.24. The fourth-order valence-corrected chi connectivity index (χ4v) is 0.652. The zero-order valence-electron chi connectivity index (χ0n) is 6.61. The Labute approximate surface area is 65.0 Å². The van der Waals surface area contributed by atoms with Gasteiger partial charge in [-0.25, -0.2) is 4.89 Å². The summed E-state index contributed by atoms with van der Waals surface area (Å²) < 4.78 is 10.1. The molecule has 11 heavy (non-hydrogen) atoms. The van der Waals surface area contributed by atoms with Gasteiger partial charge in [-0.05, 0) is 6.92 Å². The Hall–Kier alpha value is -0.200. The number of hydrogen-bond acceptors (Lipinski definition) is 5. The van der Waals surface area contributed by atoms with Gasteiger partial charge in [-0.15, -0.1) is 0 Å². The smallest absolute Gasteiger partial charge is 0.194 e. The van der Waals surface area contributed by atoms with Gasteiger partial charge in [0.15, 0.2) is 12.6 Å². The normalized spacial score (nSPS) is 26.2. The van der Waals surface area contributed by atoms with Crippen molar-refractivity contribution in [2.75, 3.05) is 13.7 Å². The average Bonchev–Trinajstić information content (AvgIpc) is 1.93. The molecule has 0 aromatic heterocycles. The minimum Gasteiger partial charge on any atom is -0.352 e. The molecule has 1 aliphatic rings. The van der Waals surface area contributed by atoms with Gasteiger partial charge in [0.2, 0.25) is 0 Å². The summed E-state index contributed by atoms with van der Waals surface area (Å²) in [6.45, 7) is 2.45. The van der Waals surface area contributed by atoms with Crippen molar-refractivity contribution < 1.29 is 24.3 Å². The van der Waals surface area contributed by atoms with E-state index in [1.54, 1.807) is 6.92 Å². The largest absolute Gasteiger partial charge is 0.352 e. The van der Waals surface area contributed by atoms with E-state index < -0.39 is 6.29 Å². The molecule has 0 N–H and O–H groups in total. The van der Waals surface area contributed by atoms with E-state index in [1.165, 1.54) is 7.11 Å².